The number of nitrogens with one attached hydrogen (secondary N) is 1. The van der Waals surface area contributed by atoms with Crippen molar-refractivity contribution in [1.82, 2.24) is 9.55 Å². The first-order valence-corrected chi connectivity index (χ1v) is 6.34. The molecule has 0 aliphatic carbocycles. The van der Waals surface area contributed by atoms with Crippen LogP contribution in [0.25, 0.3) is 0 Å². The van der Waals surface area contributed by atoms with Crippen LogP contribution in [-0.2, 0) is 13.6 Å². The lowest BCUT2D eigenvalue weighted by Crippen LogP contribution is -2.02. The standard InChI is InChI=1S/C14H18ClN3/c1-9-5-13(8-17-14(9)15)16-7-12-6-10(2)18(4)11(12)3/h5-6,8,16H,7H2,1-4H3. The molecule has 0 amide bonds. The highest BCUT2D eigenvalue weighted by Gasteiger charge is 2.06. The number of nitrogens with zero attached hydrogens (tertiary/aromatic N) is 2. The van der Waals surface area contributed by atoms with Crippen LogP contribution in [0, 0.1) is 20.8 Å². The van der Waals surface area contributed by atoms with Gasteiger partial charge in [-0.05, 0) is 44.0 Å². The van der Waals surface area contributed by atoms with Gasteiger partial charge in [0.2, 0.25) is 0 Å². The zero-order chi connectivity index (χ0) is 13.3. The van der Waals surface area contributed by atoms with E-state index in [1.54, 1.807) is 6.20 Å². The van der Waals surface area contributed by atoms with Crippen molar-refractivity contribution in [3.8, 4) is 0 Å². The minimum atomic E-state index is 0.562. The van der Waals surface area contributed by atoms with Crippen LogP contribution in [0.2, 0.25) is 5.15 Å². The molecule has 2 heterocycles. The molecule has 0 bridgehead atoms. The molecule has 0 fully saturated rings. The molecule has 3 nitrogen and oxygen atoms in total. The Balaban J connectivity index is 2.11. The minimum Gasteiger partial charge on any atom is -0.380 e. The molecule has 0 spiro atoms. The fourth-order valence-corrected chi connectivity index (χ4v) is 2.07. The number of pyridine rings is 1. The third-order valence-electron chi connectivity index (χ3n) is 3.38. The lowest BCUT2D eigenvalue weighted by molar-refractivity contribution is 0.837. The van der Waals surface area contributed by atoms with Crippen LogP contribution < -0.4 is 5.32 Å². The summed E-state index contributed by atoms with van der Waals surface area (Å²) < 4.78 is 2.20. The number of aromatic nitrogens is 2. The quantitative estimate of drug-likeness (QED) is 0.858. The van der Waals surface area contributed by atoms with E-state index in [0.29, 0.717) is 5.15 Å². The number of hydrogen-bond acceptors (Lipinski definition) is 2. The van der Waals surface area contributed by atoms with Crippen molar-refractivity contribution in [1.29, 1.82) is 0 Å². The normalized spacial score (nSPS) is 10.7. The van der Waals surface area contributed by atoms with E-state index < -0.39 is 0 Å². The average Bonchev–Trinajstić information content (AvgIpc) is 2.58. The van der Waals surface area contributed by atoms with Gasteiger partial charge in [0.15, 0.2) is 0 Å². The summed E-state index contributed by atoms with van der Waals surface area (Å²) >= 11 is 5.90. The van der Waals surface area contributed by atoms with Crippen LogP contribution in [0.5, 0.6) is 0 Å². The molecule has 0 radical (unpaired) electrons. The van der Waals surface area contributed by atoms with Crippen LogP contribution in [0.15, 0.2) is 18.3 Å². The number of hydrogen-bond donors (Lipinski definition) is 1. The van der Waals surface area contributed by atoms with E-state index in [4.69, 9.17) is 11.6 Å². The van der Waals surface area contributed by atoms with Crippen molar-refractivity contribution in [2.75, 3.05) is 5.32 Å². The van der Waals surface area contributed by atoms with Gasteiger partial charge in [0.1, 0.15) is 5.15 Å². The molecule has 18 heavy (non-hydrogen) atoms. The Morgan fingerprint density at radius 2 is 2.00 bits per heavy atom. The van der Waals surface area contributed by atoms with Gasteiger partial charge in [-0.25, -0.2) is 4.98 Å². The lowest BCUT2D eigenvalue weighted by Gasteiger charge is -2.08. The fourth-order valence-electron chi connectivity index (χ4n) is 1.96. The first-order valence-electron chi connectivity index (χ1n) is 5.97. The van der Waals surface area contributed by atoms with Gasteiger partial charge < -0.3 is 9.88 Å². The Morgan fingerprint density at radius 3 is 2.56 bits per heavy atom. The summed E-state index contributed by atoms with van der Waals surface area (Å²) in [6.45, 7) is 7.01. The van der Waals surface area contributed by atoms with Crippen LogP contribution in [-0.4, -0.2) is 9.55 Å². The molecule has 2 aromatic heterocycles. The summed E-state index contributed by atoms with van der Waals surface area (Å²) in [7, 11) is 2.09. The van der Waals surface area contributed by atoms with Crippen molar-refractivity contribution >= 4 is 17.3 Å². The second-order valence-corrected chi connectivity index (χ2v) is 5.00. The summed E-state index contributed by atoms with van der Waals surface area (Å²) in [6.07, 6.45) is 1.76. The lowest BCUT2D eigenvalue weighted by atomic mass is 10.2. The van der Waals surface area contributed by atoms with Gasteiger partial charge in [-0.15, -0.1) is 0 Å². The number of anilines is 1. The maximum absolute atomic E-state index is 5.90. The molecule has 0 atom stereocenters. The Labute approximate surface area is 113 Å². The van der Waals surface area contributed by atoms with Crippen LogP contribution >= 0.6 is 11.6 Å². The third-order valence-corrected chi connectivity index (χ3v) is 3.77. The van der Waals surface area contributed by atoms with E-state index in [0.717, 1.165) is 17.8 Å². The topological polar surface area (TPSA) is 29.9 Å². The average molecular weight is 264 g/mol. The van der Waals surface area contributed by atoms with Gasteiger partial charge in [-0.3, -0.25) is 0 Å². The maximum atomic E-state index is 5.90. The second-order valence-electron chi connectivity index (χ2n) is 4.64. The Morgan fingerprint density at radius 1 is 1.28 bits per heavy atom. The molecule has 2 rings (SSSR count). The molecule has 1 N–H and O–H groups in total. The SMILES string of the molecule is Cc1cc(NCc2cc(C)n(C)c2C)cnc1Cl. The van der Waals surface area contributed by atoms with Crippen molar-refractivity contribution in [2.45, 2.75) is 27.3 Å². The summed E-state index contributed by atoms with van der Waals surface area (Å²) in [6, 6.07) is 4.22. The van der Waals surface area contributed by atoms with Gasteiger partial charge in [0.05, 0.1) is 11.9 Å². The first kappa shape index (κ1) is 13.0. The molecule has 0 aliphatic rings. The van der Waals surface area contributed by atoms with Crippen molar-refractivity contribution < 1.29 is 0 Å². The van der Waals surface area contributed by atoms with Crippen LogP contribution in [0.1, 0.15) is 22.5 Å². The zero-order valence-electron chi connectivity index (χ0n) is 11.2. The predicted molar refractivity (Wildman–Crippen MR) is 76.2 cm³/mol. The van der Waals surface area contributed by atoms with E-state index in [2.05, 4.69) is 41.8 Å². The van der Waals surface area contributed by atoms with Crippen LogP contribution in [0.4, 0.5) is 5.69 Å². The minimum absolute atomic E-state index is 0.562. The zero-order valence-corrected chi connectivity index (χ0v) is 12.0. The van der Waals surface area contributed by atoms with E-state index >= 15 is 0 Å². The second kappa shape index (κ2) is 5.02. The number of halogens is 1. The number of rotatable bonds is 3. The monoisotopic (exact) mass is 263 g/mol. The summed E-state index contributed by atoms with van der Waals surface area (Å²) in [5.41, 5.74) is 5.86. The Hall–Kier alpha value is -1.48. The van der Waals surface area contributed by atoms with Gasteiger partial charge >= 0.3 is 0 Å². The molecule has 0 aliphatic heterocycles. The molecule has 0 unspecified atom stereocenters. The smallest absolute Gasteiger partial charge is 0.132 e. The molecule has 2 aromatic rings. The fraction of sp³-hybridized carbons (Fsp3) is 0.357. The highest BCUT2D eigenvalue weighted by atomic mass is 35.5. The van der Waals surface area contributed by atoms with Crippen LogP contribution in [0.3, 0.4) is 0 Å². The van der Waals surface area contributed by atoms with Crippen molar-refractivity contribution in [2.24, 2.45) is 7.05 Å². The first-order chi connectivity index (χ1) is 8.49. The summed E-state index contributed by atoms with van der Waals surface area (Å²) in [5.74, 6) is 0. The Kier molecular flexibility index (Phi) is 3.62. The van der Waals surface area contributed by atoms with Crippen molar-refractivity contribution in [3.63, 3.8) is 0 Å². The van der Waals surface area contributed by atoms with E-state index in [1.807, 2.05) is 13.0 Å². The predicted octanol–water partition coefficient (Wildman–Crippen LogP) is 3.61. The van der Waals surface area contributed by atoms with E-state index in [-0.39, 0.29) is 0 Å². The van der Waals surface area contributed by atoms with E-state index in [9.17, 15) is 0 Å². The summed E-state index contributed by atoms with van der Waals surface area (Å²) in [4.78, 5) is 4.13. The molecular formula is C14H18ClN3. The molecular weight excluding hydrogens is 246 g/mol. The highest BCUT2D eigenvalue weighted by molar-refractivity contribution is 6.30. The van der Waals surface area contributed by atoms with Gasteiger partial charge in [-0.2, -0.15) is 0 Å². The number of aryl methyl sites for hydroxylation is 2. The molecule has 0 aromatic carbocycles. The van der Waals surface area contributed by atoms with Gasteiger partial charge in [-0.1, -0.05) is 11.6 Å². The largest absolute Gasteiger partial charge is 0.380 e. The molecule has 0 saturated heterocycles. The summed E-state index contributed by atoms with van der Waals surface area (Å²) in [5, 5.41) is 3.94. The molecule has 0 saturated carbocycles. The van der Waals surface area contributed by atoms with Crippen molar-refractivity contribution in [3.05, 3.63) is 46.0 Å². The highest BCUT2D eigenvalue weighted by Crippen LogP contribution is 2.18. The van der Waals surface area contributed by atoms with Gasteiger partial charge in [0, 0.05) is 25.0 Å². The molecule has 96 valence electrons. The van der Waals surface area contributed by atoms with Gasteiger partial charge in [0.25, 0.3) is 0 Å². The molecule has 4 heteroatoms. The Bertz CT molecular complexity index is 573. The maximum Gasteiger partial charge on any atom is 0.132 e. The van der Waals surface area contributed by atoms with E-state index in [1.165, 1.54) is 17.0 Å². The third kappa shape index (κ3) is 2.51.